The number of sulfone groups is 1. The van der Waals surface area contributed by atoms with E-state index in [4.69, 9.17) is 4.74 Å². The van der Waals surface area contributed by atoms with E-state index in [1.165, 1.54) is 0 Å². The molecule has 0 N–H and O–H groups in total. The summed E-state index contributed by atoms with van der Waals surface area (Å²) in [5.74, 6) is 0.777. The van der Waals surface area contributed by atoms with Gasteiger partial charge in [-0.1, -0.05) is 22.0 Å². The highest BCUT2D eigenvalue weighted by molar-refractivity contribution is 9.10. The Kier molecular flexibility index (Phi) is 5.86. The number of methoxy groups -OCH3 is 1. The molecule has 3 aromatic rings. The van der Waals surface area contributed by atoms with Gasteiger partial charge in [0.15, 0.2) is 0 Å². The number of aromatic nitrogens is 3. The highest BCUT2D eigenvalue weighted by atomic mass is 79.9. The van der Waals surface area contributed by atoms with E-state index >= 15 is 0 Å². The Hall–Kier alpha value is -2.36. The van der Waals surface area contributed by atoms with Gasteiger partial charge in [-0.25, -0.2) is 18.4 Å². The number of halogens is 1. The monoisotopic (exact) mass is 488 g/mol. The van der Waals surface area contributed by atoms with Crippen LogP contribution in [0.2, 0.25) is 0 Å². The minimum atomic E-state index is -3.39. The summed E-state index contributed by atoms with van der Waals surface area (Å²) >= 11 is 3.50. The van der Waals surface area contributed by atoms with Crippen LogP contribution in [0.5, 0.6) is 5.75 Å². The zero-order valence-corrected chi connectivity index (χ0v) is 19.1. The molecule has 1 aliphatic heterocycles. The molecular weight excluding hydrogens is 468 g/mol. The first-order valence-electron chi connectivity index (χ1n) is 9.39. The Morgan fingerprint density at radius 1 is 1.17 bits per heavy atom. The lowest BCUT2D eigenvalue weighted by Crippen LogP contribution is -2.31. The number of pyridine rings is 1. The van der Waals surface area contributed by atoms with Crippen molar-refractivity contribution in [2.45, 2.75) is 24.7 Å². The van der Waals surface area contributed by atoms with E-state index in [-0.39, 0.29) is 5.16 Å². The molecule has 0 fully saturated rings. The van der Waals surface area contributed by atoms with Gasteiger partial charge in [-0.2, -0.15) is 0 Å². The van der Waals surface area contributed by atoms with Crippen LogP contribution in [0.25, 0.3) is 11.3 Å². The predicted octanol–water partition coefficient (Wildman–Crippen LogP) is 3.27. The van der Waals surface area contributed by atoms with Crippen molar-refractivity contribution in [2.75, 3.05) is 19.9 Å². The van der Waals surface area contributed by atoms with Crippen LogP contribution in [0, 0.1) is 0 Å². The summed E-state index contributed by atoms with van der Waals surface area (Å²) in [6.45, 7) is 2.23. The van der Waals surface area contributed by atoms with Gasteiger partial charge in [0, 0.05) is 60.3 Å². The summed E-state index contributed by atoms with van der Waals surface area (Å²) in [6.07, 6.45) is 5.34. The van der Waals surface area contributed by atoms with Gasteiger partial charge in [0.1, 0.15) is 5.75 Å². The Labute approximate surface area is 184 Å². The van der Waals surface area contributed by atoms with Crippen LogP contribution >= 0.6 is 15.9 Å². The van der Waals surface area contributed by atoms with Crippen molar-refractivity contribution >= 4 is 25.8 Å². The maximum Gasteiger partial charge on any atom is 0.246 e. The Morgan fingerprint density at radius 3 is 2.70 bits per heavy atom. The Balaban J connectivity index is 1.48. The number of fused-ring (bicyclic) bond motifs is 1. The van der Waals surface area contributed by atoms with Crippen molar-refractivity contribution < 1.29 is 13.2 Å². The molecule has 0 saturated carbocycles. The van der Waals surface area contributed by atoms with E-state index in [1.807, 2.05) is 30.5 Å². The molecule has 7 nitrogen and oxygen atoms in total. The minimum absolute atomic E-state index is 0.0996. The summed E-state index contributed by atoms with van der Waals surface area (Å²) < 4.78 is 29.7. The molecule has 0 radical (unpaired) electrons. The van der Waals surface area contributed by atoms with Crippen LogP contribution in [0.1, 0.15) is 16.8 Å². The second-order valence-electron chi connectivity index (χ2n) is 7.25. The molecule has 0 bridgehead atoms. The van der Waals surface area contributed by atoms with E-state index in [2.05, 4.69) is 41.8 Å². The fraction of sp³-hybridized carbons (Fsp3) is 0.286. The summed E-state index contributed by atoms with van der Waals surface area (Å²) in [5.41, 5.74) is 4.67. The van der Waals surface area contributed by atoms with Crippen LogP contribution in [0.4, 0.5) is 0 Å². The Morgan fingerprint density at radius 2 is 2.00 bits per heavy atom. The molecule has 0 atom stereocenters. The van der Waals surface area contributed by atoms with Crippen LogP contribution < -0.4 is 4.74 Å². The summed E-state index contributed by atoms with van der Waals surface area (Å²) in [6, 6.07) is 9.92. The maximum absolute atomic E-state index is 11.7. The van der Waals surface area contributed by atoms with Crippen molar-refractivity contribution in [3.8, 4) is 17.0 Å². The fourth-order valence-electron chi connectivity index (χ4n) is 3.49. The van der Waals surface area contributed by atoms with E-state index < -0.39 is 9.84 Å². The first kappa shape index (κ1) is 20.9. The molecule has 0 unspecified atom stereocenters. The molecule has 9 heteroatoms. The van der Waals surface area contributed by atoms with Crippen molar-refractivity contribution in [2.24, 2.45) is 0 Å². The van der Waals surface area contributed by atoms with Crippen LogP contribution in [-0.2, 0) is 29.3 Å². The third-order valence-electron chi connectivity index (χ3n) is 4.99. The third kappa shape index (κ3) is 4.53. The second kappa shape index (κ2) is 8.41. The minimum Gasteiger partial charge on any atom is -0.496 e. The molecule has 0 saturated heterocycles. The average molecular weight is 489 g/mol. The topological polar surface area (TPSA) is 85.3 Å². The molecule has 0 spiro atoms. The van der Waals surface area contributed by atoms with Gasteiger partial charge in [0.2, 0.25) is 15.0 Å². The van der Waals surface area contributed by atoms with Gasteiger partial charge in [-0.15, -0.1) is 0 Å². The molecule has 30 heavy (non-hydrogen) atoms. The fourth-order valence-corrected chi connectivity index (χ4v) is 4.37. The number of nitrogens with zero attached hydrogens (tertiary/aromatic N) is 4. The van der Waals surface area contributed by atoms with Crippen LogP contribution in [0.3, 0.4) is 0 Å². The highest BCUT2D eigenvalue weighted by Gasteiger charge is 2.21. The van der Waals surface area contributed by atoms with Gasteiger partial charge >= 0.3 is 0 Å². The normalized spacial score (nSPS) is 14.4. The summed E-state index contributed by atoms with van der Waals surface area (Å²) in [4.78, 5) is 15.2. The molecule has 2 aromatic heterocycles. The zero-order valence-electron chi connectivity index (χ0n) is 16.7. The van der Waals surface area contributed by atoms with E-state index in [9.17, 15) is 8.42 Å². The van der Waals surface area contributed by atoms with E-state index in [0.717, 1.165) is 57.6 Å². The second-order valence-corrected chi connectivity index (χ2v) is 10.1. The number of ether oxygens (including phenoxy) is 1. The van der Waals surface area contributed by atoms with E-state index in [1.54, 1.807) is 13.3 Å². The molecular formula is C21H21BrN4O3S. The quantitative estimate of drug-likeness (QED) is 0.509. The molecule has 0 aliphatic carbocycles. The maximum atomic E-state index is 11.7. The molecule has 4 rings (SSSR count). The molecule has 1 aliphatic rings. The lowest BCUT2D eigenvalue weighted by atomic mass is 10.1. The summed E-state index contributed by atoms with van der Waals surface area (Å²) in [7, 11) is -1.74. The van der Waals surface area contributed by atoms with Gasteiger partial charge < -0.3 is 4.74 Å². The smallest absolute Gasteiger partial charge is 0.246 e. The van der Waals surface area contributed by atoms with Crippen molar-refractivity contribution in [1.29, 1.82) is 0 Å². The zero-order chi connectivity index (χ0) is 21.3. The lowest BCUT2D eigenvalue weighted by molar-refractivity contribution is 0.242. The van der Waals surface area contributed by atoms with Crippen molar-refractivity contribution in [1.82, 2.24) is 19.9 Å². The largest absolute Gasteiger partial charge is 0.496 e. The molecule has 1 aromatic carbocycles. The molecule has 0 amide bonds. The number of hydrogen-bond donors (Lipinski definition) is 0. The van der Waals surface area contributed by atoms with Crippen molar-refractivity contribution in [3.05, 3.63) is 64.0 Å². The average Bonchev–Trinajstić information content (AvgIpc) is 2.73. The first-order chi connectivity index (χ1) is 14.3. The summed E-state index contributed by atoms with van der Waals surface area (Å²) in [5, 5.41) is -0.0996. The Bertz CT molecular complexity index is 1180. The van der Waals surface area contributed by atoms with Gasteiger partial charge in [0.25, 0.3) is 0 Å². The molecule has 156 valence electrons. The van der Waals surface area contributed by atoms with Crippen molar-refractivity contribution in [3.63, 3.8) is 0 Å². The van der Waals surface area contributed by atoms with Gasteiger partial charge in [-0.05, 0) is 29.8 Å². The predicted molar refractivity (Wildman–Crippen MR) is 117 cm³/mol. The highest BCUT2D eigenvalue weighted by Crippen LogP contribution is 2.31. The SMILES string of the molecule is COc1ccc(Br)cc1-c1ccc(CN2CCc3nc(S(C)(=O)=O)ncc3C2)cn1. The number of rotatable bonds is 5. The number of hydrogen-bond acceptors (Lipinski definition) is 7. The first-order valence-corrected chi connectivity index (χ1v) is 12.1. The number of benzene rings is 1. The third-order valence-corrected chi connectivity index (χ3v) is 6.34. The van der Waals surface area contributed by atoms with Gasteiger partial charge in [-0.3, -0.25) is 9.88 Å². The lowest BCUT2D eigenvalue weighted by Gasteiger charge is -2.27. The standard InChI is InChI=1S/C21H21BrN4O3S/c1-29-20-6-4-16(22)9-17(20)19-5-3-14(10-23-19)12-26-8-7-18-15(13-26)11-24-21(25-18)30(2,27)28/h3-6,9-11H,7-8,12-13H2,1-2H3. The van der Waals surface area contributed by atoms with E-state index in [0.29, 0.717) is 13.0 Å². The van der Waals surface area contributed by atoms with Gasteiger partial charge in [0.05, 0.1) is 18.5 Å². The van der Waals surface area contributed by atoms with Crippen LogP contribution in [-0.4, -0.2) is 48.2 Å². The molecule has 3 heterocycles. The van der Waals surface area contributed by atoms with Crippen LogP contribution in [0.15, 0.2) is 52.4 Å².